The van der Waals surface area contributed by atoms with E-state index in [2.05, 4.69) is 6.07 Å². The number of rotatable bonds is 3. The molecule has 2 aromatic rings. The molecule has 2 aromatic carbocycles. The van der Waals surface area contributed by atoms with Gasteiger partial charge in [-0.25, -0.2) is 0 Å². The molecule has 2 nitrogen and oxygen atoms in total. The Morgan fingerprint density at radius 1 is 1.00 bits per heavy atom. The van der Waals surface area contributed by atoms with Crippen LogP contribution >= 0.6 is 0 Å². The van der Waals surface area contributed by atoms with Crippen LogP contribution in [0.1, 0.15) is 38.5 Å². The Kier molecular flexibility index (Phi) is 4.00. The fourth-order valence-corrected chi connectivity index (χ4v) is 2.20. The van der Waals surface area contributed by atoms with E-state index in [-0.39, 0.29) is 5.78 Å². The average Bonchev–Trinajstić information content (AvgIpc) is 2.44. The fraction of sp³-hybridized carbons (Fsp3) is 0.222. The van der Waals surface area contributed by atoms with E-state index in [1.165, 1.54) is 0 Å². The Hall–Kier alpha value is -2.40. The Labute approximate surface area is 119 Å². The Morgan fingerprint density at radius 3 is 2.20 bits per heavy atom. The molecule has 1 unspecified atom stereocenters. The number of hydrogen-bond acceptors (Lipinski definition) is 2. The molecular weight excluding hydrogens is 246 g/mol. The summed E-state index contributed by atoms with van der Waals surface area (Å²) in [6, 6.07) is 15.4. The van der Waals surface area contributed by atoms with Crippen LogP contribution in [0.3, 0.4) is 0 Å². The quantitative estimate of drug-likeness (QED) is 0.782. The van der Waals surface area contributed by atoms with Crippen LogP contribution in [0.25, 0.3) is 0 Å². The van der Waals surface area contributed by atoms with Crippen molar-refractivity contribution in [3.8, 4) is 6.07 Å². The summed E-state index contributed by atoms with van der Waals surface area (Å²) in [4.78, 5) is 12.6. The molecule has 0 N–H and O–H groups in total. The highest BCUT2D eigenvalue weighted by molar-refractivity contribution is 6.03. The second-order valence-electron chi connectivity index (χ2n) is 5.16. The Morgan fingerprint density at radius 2 is 1.60 bits per heavy atom. The summed E-state index contributed by atoms with van der Waals surface area (Å²) in [6.45, 7) is 5.83. The highest BCUT2D eigenvalue weighted by atomic mass is 16.1. The van der Waals surface area contributed by atoms with Crippen molar-refractivity contribution in [3.63, 3.8) is 0 Å². The molecular formula is C18H17NO. The highest BCUT2D eigenvalue weighted by Gasteiger charge is 2.23. The normalized spacial score (nSPS) is 11.7. The van der Waals surface area contributed by atoms with E-state index in [0.717, 1.165) is 22.3 Å². The van der Waals surface area contributed by atoms with E-state index in [0.29, 0.717) is 5.56 Å². The van der Waals surface area contributed by atoms with Crippen LogP contribution in [0, 0.1) is 32.1 Å². The average molecular weight is 263 g/mol. The van der Waals surface area contributed by atoms with Crippen LogP contribution in [0.2, 0.25) is 0 Å². The van der Waals surface area contributed by atoms with Gasteiger partial charge in [-0.3, -0.25) is 4.79 Å². The molecule has 0 saturated heterocycles. The smallest absolute Gasteiger partial charge is 0.184 e. The molecule has 0 fully saturated rings. The molecule has 2 rings (SSSR count). The Bertz CT molecular complexity index is 678. The van der Waals surface area contributed by atoms with Crippen molar-refractivity contribution < 1.29 is 4.79 Å². The molecule has 20 heavy (non-hydrogen) atoms. The number of Topliss-reactive ketones (excluding diaryl/α,β-unsaturated/α-hetero) is 1. The molecule has 0 radical (unpaired) electrons. The number of carbonyl (C=O) groups is 1. The number of nitrogens with zero attached hydrogens (tertiary/aromatic N) is 1. The molecule has 0 amide bonds. The lowest BCUT2D eigenvalue weighted by Gasteiger charge is -2.11. The predicted molar refractivity (Wildman–Crippen MR) is 79.8 cm³/mol. The lowest BCUT2D eigenvalue weighted by Crippen LogP contribution is -2.13. The summed E-state index contributed by atoms with van der Waals surface area (Å²) >= 11 is 0. The van der Waals surface area contributed by atoms with Crippen molar-refractivity contribution in [1.29, 1.82) is 5.26 Å². The molecule has 1 atom stereocenters. The first-order chi connectivity index (χ1) is 9.52. The van der Waals surface area contributed by atoms with Gasteiger partial charge < -0.3 is 0 Å². The van der Waals surface area contributed by atoms with E-state index in [1.807, 2.05) is 63.2 Å². The monoisotopic (exact) mass is 263 g/mol. The minimum Gasteiger partial charge on any atom is -0.292 e. The van der Waals surface area contributed by atoms with Gasteiger partial charge in [-0.15, -0.1) is 0 Å². The summed E-state index contributed by atoms with van der Waals surface area (Å²) < 4.78 is 0. The van der Waals surface area contributed by atoms with Gasteiger partial charge in [0.25, 0.3) is 0 Å². The van der Waals surface area contributed by atoms with Crippen molar-refractivity contribution in [2.45, 2.75) is 26.7 Å². The largest absolute Gasteiger partial charge is 0.292 e. The van der Waals surface area contributed by atoms with Crippen LogP contribution in [0.5, 0.6) is 0 Å². The number of carbonyl (C=O) groups excluding carboxylic acids is 1. The molecule has 100 valence electrons. The summed E-state index contributed by atoms with van der Waals surface area (Å²) in [6.07, 6.45) is 0. The first-order valence-corrected chi connectivity index (χ1v) is 6.60. The third-order valence-corrected chi connectivity index (χ3v) is 3.46. The standard InChI is InChI=1S/C18H17NO/c1-12-5-8-15(9-6-12)17(11-19)18(20)16-10-13(2)4-7-14(16)3/h4-10,17H,1-3H3. The fourth-order valence-electron chi connectivity index (χ4n) is 2.20. The lowest BCUT2D eigenvalue weighted by molar-refractivity contribution is 0.0978. The molecule has 0 aromatic heterocycles. The van der Waals surface area contributed by atoms with Crippen molar-refractivity contribution in [2.75, 3.05) is 0 Å². The van der Waals surface area contributed by atoms with Gasteiger partial charge in [0.1, 0.15) is 5.92 Å². The van der Waals surface area contributed by atoms with E-state index >= 15 is 0 Å². The SMILES string of the molecule is Cc1ccc(C(C#N)C(=O)c2cc(C)ccc2C)cc1. The van der Waals surface area contributed by atoms with Crippen LogP contribution in [-0.2, 0) is 0 Å². The first kappa shape index (κ1) is 14.0. The van der Waals surface area contributed by atoms with Crippen molar-refractivity contribution in [2.24, 2.45) is 0 Å². The maximum atomic E-state index is 12.6. The molecule has 0 bridgehead atoms. The highest BCUT2D eigenvalue weighted by Crippen LogP contribution is 2.23. The van der Waals surface area contributed by atoms with Gasteiger partial charge in [-0.1, -0.05) is 47.5 Å². The summed E-state index contributed by atoms with van der Waals surface area (Å²) in [5.41, 5.74) is 4.44. The van der Waals surface area contributed by atoms with Gasteiger partial charge in [0.05, 0.1) is 6.07 Å². The predicted octanol–water partition coefficient (Wildman–Crippen LogP) is 4.10. The first-order valence-electron chi connectivity index (χ1n) is 6.60. The summed E-state index contributed by atoms with van der Waals surface area (Å²) in [5.74, 6) is -0.867. The molecule has 0 aliphatic heterocycles. The minimum atomic E-state index is -0.740. The second kappa shape index (κ2) is 5.71. The number of nitriles is 1. The molecule has 0 aliphatic rings. The van der Waals surface area contributed by atoms with E-state index in [9.17, 15) is 10.1 Å². The zero-order valence-corrected chi connectivity index (χ0v) is 12.0. The van der Waals surface area contributed by atoms with Gasteiger partial charge >= 0.3 is 0 Å². The number of aryl methyl sites for hydroxylation is 3. The van der Waals surface area contributed by atoms with Crippen LogP contribution in [0.4, 0.5) is 0 Å². The molecule has 0 heterocycles. The molecule has 0 saturated carbocycles. The van der Waals surface area contributed by atoms with Gasteiger partial charge in [0, 0.05) is 5.56 Å². The number of ketones is 1. The number of hydrogen-bond donors (Lipinski definition) is 0. The third kappa shape index (κ3) is 2.78. The van der Waals surface area contributed by atoms with E-state index in [4.69, 9.17) is 0 Å². The van der Waals surface area contributed by atoms with Crippen molar-refractivity contribution in [1.82, 2.24) is 0 Å². The van der Waals surface area contributed by atoms with Gasteiger partial charge in [-0.2, -0.15) is 5.26 Å². The van der Waals surface area contributed by atoms with Crippen LogP contribution < -0.4 is 0 Å². The van der Waals surface area contributed by atoms with Gasteiger partial charge in [0.15, 0.2) is 5.78 Å². The molecule has 2 heteroatoms. The van der Waals surface area contributed by atoms with Crippen molar-refractivity contribution in [3.05, 3.63) is 70.3 Å². The summed E-state index contributed by atoms with van der Waals surface area (Å²) in [7, 11) is 0. The zero-order chi connectivity index (χ0) is 14.7. The van der Waals surface area contributed by atoms with Gasteiger partial charge in [0.2, 0.25) is 0 Å². The lowest BCUT2D eigenvalue weighted by atomic mass is 9.89. The van der Waals surface area contributed by atoms with E-state index in [1.54, 1.807) is 0 Å². The minimum absolute atomic E-state index is 0.127. The topological polar surface area (TPSA) is 40.9 Å². The van der Waals surface area contributed by atoms with Gasteiger partial charge in [-0.05, 0) is 38.0 Å². The van der Waals surface area contributed by atoms with Crippen molar-refractivity contribution >= 4 is 5.78 Å². The summed E-state index contributed by atoms with van der Waals surface area (Å²) in [5, 5.41) is 9.37. The Balaban J connectivity index is 2.42. The third-order valence-electron chi connectivity index (χ3n) is 3.46. The maximum Gasteiger partial charge on any atom is 0.184 e. The maximum absolute atomic E-state index is 12.6. The molecule has 0 spiro atoms. The second-order valence-corrected chi connectivity index (χ2v) is 5.16. The van der Waals surface area contributed by atoms with Crippen LogP contribution in [0.15, 0.2) is 42.5 Å². The molecule has 0 aliphatic carbocycles. The van der Waals surface area contributed by atoms with Crippen LogP contribution in [-0.4, -0.2) is 5.78 Å². The van der Waals surface area contributed by atoms with E-state index < -0.39 is 5.92 Å². The number of benzene rings is 2. The zero-order valence-electron chi connectivity index (χ0n) is 12.0.